The number of nitrogens with zero attached hydrogens (tertiary/aromatic N) is 1. The lowest BCUT2D eigenvalue weighted by molar-refractivity contribution is 0.243. The summed E-state index contributed by atoms with van der Waals surface area (Å²) in [6, 6.07) is 11.9. The Morgan fingerprint density at radius 3 is 2.54 bits per heavy atom. The number of urea groups is 1. The second-order valence-electron chi connectivity index (χ2n) is 6.02. The van der Waals surface area contributed by atoms with Crippen molar-refractivity contribution in [1.29, 1.82) is 0 Å². The van der Waals surface area contributed by atoms with Crippen molar-refractivity contribution < 1.29 is 9.18 Å². The Morgan fingerprint density at radius 1 is 1.04 bits per heavy atom. The Labute approximate surface area is 140 Å². The van der Waals surface area contributed by atoms with Crippen molar-refractivity contribution in [3.8, 4) is 0 Å². The van der Waals surface area contributed by atoms with E-state index in [-0.39, 0.29) is 17.9 Å². The Bertz CT molecular complexity index is 672. The van der Waals surface area contributed by atoms with Crippen LogP contribution in [0.25, 0.3) is 0 Å². The van der Waals surface area contributed by atoms with Crippen molar-refractivity contribution >= 4 is 17.5 Å². The first-order valence-corrected chi connectivity index (χ1v) is 8.20. The van der Waals surface area contributed by atoms with E-state index in [0.717, 1.165) is 31.5 Å². The second kappa shape index (κ2) is 7.77. The first-order valence-electron chi connectivity index (χ1n) is 8.20. The minimum atomic E-state index is -0.367. The molecule has 0 aliphatic heterocycles. The fourth-order valence-electron chi connectivity index (χ4n) is 2.96. The van der Waals surface area contributed by atoms with Crippen LogP contribution in [0.4, 0.5) is 20.7 Å². The van der Waals surface area contributed by atoms with Gasteiger partial charge >= 0.3 is 6.03 Å². The molecule has 1 saturated carbocycles. The van der Waals surface area contributed by atoms with Gasteiger partial charge < -0.3 is 16.0 Å². The van der Waals surface area contributed by atoms with Gasteiger partial charge in [0.1, 0.15) is 11.6 Å². The van der Waals surface area contributed by atoms with E-state index in [1.807, 2.05) is 18.2 Å². The number of pyridine rings is 1. The zero-order valence-electron chi connectivity index (χ0n) is 13.3. The number of halogens is 1. The van der Waals surface area contributed by atoms with E-state index >= 15 is 0 Å². The zero-order valence-corrected chi connectivity index (χ0v) is 13.3. The molecule has 1 fully saturated rings. The van der Waals surface area contributed by atoms with Crippen molar-refractivity contribution in [2.24, 2.45) is 0 Å². The highest BCUT2D eigenvalue weighted by atomic mass is 19.1. The predicted molar refractivity (Wildman–Crippen MR) is 92.5 cm³/mol. The second-order valence-corrected chi connectivity index (χ2v) is 6.02. The van der Waals surface area contributed by atoms with Crippen LogP contribution in [0.1, 0.15) is 25.7 Å². The van der Waals surface area contributed by atoms with Crippen molar-refractivity contribution in [3.63, 3.8) is 0 Å². The molecule has 2 amide bonds. The molecule has 1 aromatic heterocycles. The molecular formula is C18H21FN4O. The van der Waals surface area contributed by atoms with Crippen molar-refractivity contribution in [2.45, 2.75) is 37.8 Å². The quantitative estimate of drug-likeness (QED) is 0.800. The zero-order chi connectivity index (χ0) is 16.8. The molecule has 1 aromatic carbocycles. The SMILES string of the molecule is O=C(Nc1cccc(F)c1)NC1CCC(Nc2ccccn2)CC1. The number of benzene rings is 1. The summed E-state index contributed by atoms with van der Waals surface area (Å²) < 4.78 is 13.1. The number of aromatic nitrogens is 1. The standard InChI is InChI=1S/C18H21FN4O/c19-13-4-3-5-16(12-13)23-18(24)22-15-9-7-14(8-10-15)21-17-6-1-2-11-20-17/h1-6,11-12,14-15H,7-10H2,(H,20,21)(H2,22,23,24). The minimum absolute atomic E-state index is 0.139. The van der Waals surface area contributed by atoms with Crippen LogP contribution in [0, 0.1) is 5.82 Å². The van der Waals surface area contributed by atoms with Gasteiger partial charge in [-0.2, -0.15) is 0 Å². The molecule has 0 spiro atoms. The number of amides is 2. The number of carbonyl (C=O) groups is 1. The molecule has 6 heteroatoms. The van der Waals surface area contributed by atoms with Gasteiger partial charge in [-0.1, -0.05) is 12.1 Å². The lowest BCUT2D eigenvalue weighted by Crippen LogP contribution is -2.42. The summed E-state index contributed by atoms with van der Waals surface area (Å²) in [7, 11) is 0. The smallest absolute Gasteiger partial charge is 0.319 e. The highest BCUT2D eigenvalue weighted by molar-refractivity contribution is 5.89. The fourth-order valence-corrected chi connectivity index (χ4v) is 2.96. The lowest BCUT2D eigenvalue weighted by atomic mass is 9.91. The van der Waals surface area contributed by atoms with Crippen LogP contribution >= 0.6 is 0 Å². The van der Waals surface area contributed by atoms with E-state index in [2.05, 4.69) is 20.9 Å². The maximum absolute atomic E-state index is 13.1. The molecule has 1 aliphatic rings. The van der Waals surface area contributed by atoms with Crippen LogP contribution in [0.15, 0.2) is 48.7 Å². The molecule has 3 N–H and O–H groups in total. The maximum Gasteiger partial charge on any atom is 0.319 e. The number of carbonyl (C=O) groups excluding carboxylic acids is 1. The van der Waals surface area contributed by atoms with Crippen LogP contribution in [0.3, 0.4) is 0 Å². The third-order valence-electron chi connectivity index (χ3n) is 4.16. The van der Waals surface area contributed by atoms with E-state index in [4.69, 9.17) is 0 Å². The van der Waals surface area contributed by atoms with Crippen LogP contribution < -0.4 is 16.0 Å². The summed E-state index contributed by atoms with van der Waals surface area (Å²) in [5.41, 5.74) is 0.456. The average Bonchev–Trinajstić information content (AvgIpc) is 2.57. The molecule has 0 saturated heterocycles. The number of hydrogen-bond acceptors (Lipinski definition) is 3. The molecule has 0 atom stereocenters. The van der Waals surface area contributed by atoms with Crippen LogP contribution in [0.5, 0.6) is 0 Å². The average molecular weight is 328 g/mol. The first-order chi connectivity index (χ1) is 11.7. The van der Waals surface area contributed by atoms with Gasteiger partial charge in [-0.25, -0.2) is 14.2 Å². The molecule has 0 radical (unpaired) electrons. The Hall–Kier alpha value is -2.63. The van der Waals surface area contributed by atoms with Gasteiger partial charge in [0.25, 0.3) is 0 Å². The van der Waals surface area contributed by atoms with E-state index in [9.17, 15) is 9.18 Å². The van der Waals surface area contributed by atoms with Gasteiger partial charge in [0.2, 0.25) is 0 Å². The first kappa shape index (κ1) is 16.2. The normalized spacial score (nSPS) is 20.2. The molecule has 24 heavy (non-hydrogen) atoms. The van der Waals surface area contributed by atoms with Crippen molar-refractivity contribution in [1.82, 2.24) is 10.3 Å². The minimum Gasteiger partial charge on any atom is -0.367 e. The third kappa shape index (κ3) is 4.68. The summed E-state index contributed by atoms with van der Waals surface area (Å²) in [6.45, 7) is 0. The molecular weight excluding hydrogens is 307 g/mol. The fraction of sp³-hybridized carbons (Fsp3) is 0.333. The predicted octanol–water partition coefficient (Wildman–Crippen LogP) is 3.77. The maximum atomic E-state index is 13.1. The molecule has 5 nitrogen and oxygen atoms in total. The summed E-state index contributed by atoms with van der Waals surface area (Å²) in [5.74, 6) is 0.520. The number of nitrogens with one attached hydrogen (secondary N) is 3. The Morgan fingerprint density at radius 2 is 1.83 bits per heavy atom. The van der Waals surface area contributed by atoms with E-state index in [1.165, 1.54) is 12.1 Å². The summed E-state index contributed by atoms with van der Waals surface area (Å²) in [5, 5.41) is 9.04. The Kier molecular flexibility index (Phi) is 5.25. The van der Waals surface area contributed by atoms with Gasteiger partial charge in [-0.3, -0.25) is 0 Å². The molecule has 1 aliphatic carbocycles. The summed E-state index contributed by atoms with van der Waals surface area (Å²) >= 11 is 0. The molecule has 3 rings (SSSR count). The van der Waals surface area contributed by atoms with E-state index in [1.54, 1.807) is 18.3 Å². The van der Waals surface area contributed by atoms with Crippen LogP contribution in [0.2, 0.25) is 0 Å². The molecule has 0 bridgehead atoms. The van der Waals surface area contributed by atoms with Crippen LogP contribution in [-0.4, -0.2) is 23.1 Å². The third-order valence-corrected chi connectivity index (χ3v) is 4.16. The van der Waals surface area contributed by atoms with Gasteiger partial charge in [0, 0.05) is 24.0 Å². The van der Waals surface area contributed by atoms with E-state index in [0.29, 0.717) is 11.7 Å². The highest BCUT2D eigenvalue weighted by Gasteiger charge is 2.22. The topological polar surface area (TPSA) is 66.1 Å². The number of hydrogen-bond donors (Lipinski definition) is 3. The highest BCUT2D eigenvalue weighted by Crippen LogP contribution is 2.21. The van der Waals surface area contributed by atoms with Crippen LogP contribution in [-0.2, 0) is 0 Å². The summed E-state index contributed by atoms with van der Waals surface area (Å²) in [6.07, 6.45) is 5.53. The van der Waals surface area contributed by atoms with Gasteiger partial charge in [0.05, 0.1) is 0 Å². The van der Waals surface area contributed by atoms with E-state index < -0.39 is 0 Å². The van der Waals surface area contributed by atoms with Gasteiger partial charge in [-0.05, 0) is 56.0 Å². The largest absolute Gasteiger partial charge is 0.367 e. The number of anilines is 2. The summed E-state index contributed by atoms with van der Waals surface area (Å²) in [4.78, 5) is 16.3. The van der Waals surface area contributed by atoms with Crippen molar-refractivity contribution in [2.75, 3.05) is 10.6 Å². The molecule has 126 valence electrons. The molecule has 1 heterocycles. The van der Waals surface area contributed by atoms with Gasteiger partial charge in [0.15, 0.2) is 0 Å². The monoisotopic (exact) mass is 328 g/mol. The molecule has 0 unspecified atom stereocenters. The van der Waals surface area contributed by atoms with Gasteiger partial charge in [-0.15, -0.1) is 0 Å². The van der Waals surface area contributed by atoms with Crippen molar-refractivity contribution in [3.05, 3.63) is 54.5 Å². The Balaban J connectivity index is 1.42. The lowest BCUT2D eigenvalue weighted by Gasteiger charge is -2.30. The molecule has 2 aromatic rings. The number of rotatable bonds is 4.